The van der Waals surface area contributed by atoms with Crippen LogP contribution in [0.5, 0.6) is 0 Å². The summed E-state index contributed by atoms with van der Waals surface area (Å²) in [4.78, 5) is 0. The molecule has 0 radical (unpaired) electrons. The molecule has 0 saturated carbocycles. The Labute approximate surface area is 100 Å². The maximum atomic E-state index is 4.25. The number of nitrogens with zero attached hydrogens (tertiary/aromatic N) is 3. The van der Waals surface area contributed by atoms with Crippen LogP contribution in [0.4, 0.5) is 0 Å². The molecule has 2 heterocycles. The van der Waals surface area contributed by atoms with Gasteiger partial charge < -0.3 is 0 Å². The minimum atomic E-state index is 0.529. The van der Waals surface area contributed by atoms with Crippen LogP contribution in [0.3, 0.4) is 0 Å². The van der Waals surface area contributed by atoms with Gasteiger partial charge in [-0.2, -0.15) is 11.8 Å². The zero-order chi connectivity index (χ0) is 10.3. The summed E-state index contributed by atoms with van der Waals surface area (Å²) >= 11 is 5.44. The van der Waals surface area contributed by atoms with Gasteiger partial charge in [0.05, 0.1) is 11.6 Å². The van der Waals surface area contributed by atoms with E-state index < -0.39 is 0 Å². The maximum absolute atomic E-state index is 4.25. The molecular weight excluding hydrogens is 274 g/mol. The lowest BCUT2D eigenvalue weighted by molar-refractivity contribution is 0.501. The van der Waals surface area contributed by atoms with Crippen LogP contribution in [0.1, 0.15) is 12.5 Å². The van der Waals surface area contributed by atoms with Gasteiger partial charge in [-0.15, -0.1) is 5.10 Å². The molecule has 5 heteroatoms. The van der Waals surface area contributed by atoms with Crippen LogP contribution in [0.15, 0.2) is 22.7 Å². The Balaban J connectivity index is 2.11. The van der Waals surface area contributed by atoms with E-state index in [2.05, 4.69) is 37.0 Å². The lowest BCUT2D eigenvalue weighted by Gasteiger charge is -2.08. The molecule has 0 spiro atoms. The van der Waals surface area contributed by atoms with Gasteiger partial charge in [0, 0.05) is 10.2 Å². The third-order valence-electron chi connectivity index (χ3n) is 2.68. The van der Waals surface area contributed by atoms with Crippen LogP contribution in [0.2, 0.25) is 0 Å². The van der Waals surface area contributed by atoms with Crippen molar-refractivity contribution < 1.29 is 0 Å². The van der Waals surface area contributed by atoms with E-state index in [4.69, 9.17) is 0 Å². The first-order chi connectivity index (χ1) is 7.34. The molecule has 3 rings (SSSR count). The van der Waals surface area contributed by atoms with Crippen molar-refractivity contribution in [3.63, 3.8) is 0 Å². The molecular formula is C10H10BrN3S. The van der Waals surface area contributed by atoms with E-state index in [0.29, 0.717) is 6.04 Å². The van der Waals surface area contributed by atoms with Crippen LogP contribution in [0, 0.1) is 0 Å². The Hall–Kier alpha value is -0.550. The van der Waals surface area contributed by atoms with Crippen molar-refractivity contribution in [3.05, 3.63) is 22.7 Å². The molecule has 1 aromatic carbocycles. The number of hydrogen-bond acceptors (Lipinski definition) is 3. The Morgan fingerprint density at radius 2 is 2.40 bits per heavy atom. The normalized spacial score (nSPS) is 21.3. The van der Waals surface area contributed by atoms with Gasteiger partial charge in [0.15, 0.2) is 0 Å². The van der Waals surface area contributed by atoms with Crippen molar-refractivity contribution in [1.29, 1.82) is 0 Å². The van der Waals surface area contributed by atoms with Crippen molar-refractivity contribution in [2.75, 3.05) is 11.5 Å². The van der Waals surface area contributed by atoms with E-state index in [-0.39, 0.29) is 0 Å². The minimum Gasteiger partial charge on any atom is -0.241 e. The van der Waals surface area contributed by atoms with Gasteiger partial charge in [-0.1, -0.05) is 21.1 Å². The van der Waals surface area contributed by atoms with Crippen molar-refractivity contribution in [3.8, 4) is 0 Å². The summed E-state index contributed by atoms with van der Waals surface area (Å²) in [5.41, 5.74) is 2.12. The third-order valence-corrected chi connectivity index (χ3v) is 4.32. The Kier molecular flexibility index (Phi) is 2.44. The maximum Gasteiger partial charge on any atom is 0.114 e. The summed E-state index contributed by atoms with van der Waals surface area (Å²) in [5.74, 6) is 2.40. The second-order valence-corrected chi connectivity index (χ2v) is 5.75. The first-order valence-corrected chi connectivity index (χ1v) is 6.87. The number of benzene rings is 1. The van der Waals surface area contributed by atoms with Crippen molar-refractivity contribution in [2.24, 2.45) is 0 Å². The zero-order valence-corrected chi connectivity index (χ0v) is 10.5. The Morgan fingerprint density at radius 1 is 1.47 bits per heavy atom. The average Bonchev–Trinajstić information content (AvgIpc) is 2.82. The van der Waals surface area contributed by atoms with E-state index in [9.17, 15) is 0 Å². The second-order valence-electron chi connectivity index (χ2n) is 3.68. The lowest BCUT2D eigenvalue weighted by Crippen LogP contribution is -2.09. The standard InChI is InChI=1S/C10H10BrN3S/c11-7-1-2-10-9(5-7)12-13-14(10)8-3-4-15-6-8/h1-2,5,8H,3-4,6H2. The van der Waals surface area contributed by atoms with Crippen LogP contribution >= 0.6 is 27.7 Å². The lowest BCUT2D eigenvalue weighted by atomic mass is 10.2. The number of rotatable bonds is 1. The fraction of sp³-hybridized carbons (Fsp3) is 0.400. The highest BCUT2D eigenvalue weighted by molar-refractivity contribution is 9.10. The predicted octanol–water partition coefficient (Wildman–Crippen LogP) is 2.87. The molecule has 15 heavy (non-hydrogen) atoms. The monoisotopic (exact) mass is 283 g/mol. The molecule has 1 atom stereocenters. The van der Waals surface area contributed by atoms with Crippen molar-refractivity contribution in [2.45, 2.75) is 12.5 Å². The molecule has 1 saturated heterocycles. The van der Waals surface area contributed by atoms with Gasteiger partial charge in [0.1, 0.15) is 5.52 Å². The average molecular weight is 284 g/mol. The summed E-state index contributed by atoms with van der Waals surface area (Å²) in [6, 6.07) is 6.68. The van der Waals surface area contributed by atoms with Crippen molar-refractivity contribution >= 4 is 38.7 Å². The molecule has 78 valence electrons. The van der Waals surface area contributed by atoms with Crippen LogP contribution in [-0.4, -0.2) is 26.5 Å². The van der Waals surface area contributed by atoms with E-state index >= 15 is 0 Å². The van der Waals surface area contributed by atoms with Gasteiger partial charge in [0.25, 0.3) is 0 Å². The van der Waals surface area contributed by atoms with Crippen LogP contribution in [0.25, 0.3) is 11.0 Å². The smallest absolute Gasteiger partial charge is 0.114 e. The Bertz CT molecular complexity index is 490. The van der Waals surface area contributed by atoms with E-state index in [1.54, 1.807) is 0 Å². The van der Waals surface area contributed by atoms with Gasteiger partial charge in [0.2, 0.25) is 0 Å². The van der Waals surface area contributed by atoms with Crippen molar-refractivity contribution in [1.82, 2.24) is 15.0 Å². The van der Waals surface area contributed by atoms with Gasteiger partial charge >= 0.3 is 0 Å². The number of halogens is 1. The predicted molar refractivity (Wildman–Crippen MR) is 66.2 cm³/mol. The quantitative estimate of drug-likeness (QED) is 0.806. The highest BCUT2D eigenvalue weighted by Gasteiger charge is 2.20. The molecule has 1 unspecified atom stereocenters. The van der Waals surface area contributed by atoms with Crippen LogP contribution in [-0.2, 0) is 0 Å². The summed E-state index contributed by atoms with van der Waals surface area (Å²) in [5, 5.41) is 8.45. The third kappa shape index (κ3) is 1.67. The largest absolute Gasteiger partial charge is 0.241 e. The van der Waals surface area contributed by atoms with Gasteiger partial charge in [-0.05, 0) is 30.4 Å². The SMILES string of the molecule is Brc1ccc2c(c1)nnn2C1CCSC1. The fourth-order valence-electron chi connectivity index (χ4n) is 1.90. The highest BCUT2D eigenvalue weighted by Crippen LogP contribution is 2.30. The minimum absolute atomic E-state index is 0.529. The number of hydrogen-bond donors (Lipinski definition) is 0. The Morgan fingerprint density at radius 3 is 3.20 bits per heavy atom. The van der Waals surface area contributed by atoms with E-state index in [1.807, 2.05) is 23.9 Å². The highest BCUT2D eigenvalue weighted by atomic mass is 79.9. The second kappa shape index (κ2) is 3.79. The summed E-state index contributed by atoms with van der Waals surface area (Å²) in [6.07, 6.45) is 1.21. The molecule has 1 fully saturated rings. The first kappa shape index (κ1) is 9.66. The summed E-state index contributed by atoms with van der Waals surface area (Å²) < 4.78 is 3.13. The van der Waals surface area contributed by atoms with Gasteiger partial charge in [-0.3, -0.25) is 0 Å². The molecule has 0 aliphatic carbocycles. The van der Waals surface area contributed by atoms with E-state index in [1.165, 1.54) is 12.2 Å². The zero-order valence-electron chi connectivity index (χ0n) is 8.06. The molecule has 0 amide bonds. The molecule has 3 nitrogen and oxygen atoms in total. The number of aromatic nitrogens is 3. The van der Waals surface area contributed by atoms with Crippen LogP contribution < -0.4 is 0 Å². The van der Waals surface area contributed by atoms with Gasteiger partial charge in [-0.25, -0.2) is 4.68 Å². The fourth-order valence-corrected chi connectivity index (χ4v) is 3.43. The molecule has 1 aliphatic rings. The first-order valence-electron chi connectivity index (χ1n) is 4.93. The molecule has 0 bridgehead atoms. The number of fused-ring (bicyclic) bond motifs is 1. The molecule has 2 aromatic rings. The summed E-state index contributed by atoms with van der Waals surface area (Å²) in [7, 11) is 0. The summed E-state index contributed by atoms with van der Waals surface area (Å²) in [6.45, 7) is 0. The van der Waals surface area contributed by atoms with E-state index in [0.717, 1.165) is 21.3 Å². The molecule has 1 aromatic heterocycles. The molecule has 0 N–H and O–H groups in total. The molecule has 1 aliphatic heterocycles. The topological polar surface area (TPSA) is 30.7 Å². The number of thioether (sulfide) groups is 1.